The minimum absolute atomic E-state index is 0.237. The van der Waals surface area contributed by atoms with Gasteiger partial charge in [0.05, 0.1) is 11.8 Å². The molecule has 2 aromatic rings. The Morgan fingerprint density at radius 1 is 1.44 bits per heavy atom. The third-order valence-corrected chi connectivity index (χ3v) is 3.44. The Hall–Kier alpha value is -1.62. The van der Waals surface area contributed by atoms with Crippen molar-refractivity contribution in [3.05, 3.63) is 24.2 Å². The Kier molecular flexibility index (Phi) is 2.70. The molecular formula is C13H18N4O. The summed E-state index contributed by atoms with van der Waals surface area (Å²) in [7, 11) is 0. The highest BCUT2D eigenvalue weighted by atomic mass is 16.3. The van der Waals surface area contributed by atoms with Gasteiger partial charge in [0.15, 0.2) is 5.82 Å². The summed E-state index contributed by atoms with van der Waals surface area (Å²) in [6.07, 6.45) is 4.22. The van der Waals surface area contributed by atoms with Gasteiger partial charge in [-0.25, -0.2) is 9.50 Å². The normalized spacial score (nSPS) is 20.2. The molecule has 0 bridgehead atoms. The van der Waals surface area contributed by atoms with Crippen LogP contribution in [0.4, 0.5) is 5.82 Å². The van der Waals surface area contributed by atoms with Crippen LogP contribution in [0, 0.1) is 0 Å². The van der Waals surface area contributed by atoms with Crippen molar-refractivity contribution in [3.63, 3.8) is 0 Å². The van der Waals surface area contributed by atoms with Gasteiger partial charge in [0.1, 0.15) is 5.52 Å². The first-order chi connectivity index (χ1) is 8.65. The van der Waals surface area contributed by atoms with Gasteiger partial charge in [-0.05, 0) is 18.4 Å². The minimum Gasteiger partial charge on any atom is -0.391 e. The number of aliphatic hydroxyl groups excluding tert-OH is 1. The molecule has 96 valence electrons. The fraction of sp³-hybridized carbons (Fsp3) is 0.538. The van der Waals surface area contributed by atoms with Gasteiger partial charge in [-0.1, -0.05) is 13.8 Å². The van der Waals surface area contributed by atoms with Crippen LogP contribution in [0.3, 0.4) is 0 Å². The van der Waals surface area contributed by atoms with Crippen LogP contribution < -0.4 is 4.90 Å². The fourth-order valence-corrected chi connectivity index (χ4v) is 2.39. The number of β-amino-alcohol motifs (C(OH)–C–C–N with tert-alkyl or cyclic N) is 1. The van der Waals surface area contributed by atoms with E-state index < -0.39 is 0 Å². The van der Waals surface area contributed by atoms with Crippen molar-refractivity contribution in [1.29, 1.82) is 0 Å². The van der Waals surface area contributed by atoms with Crippen molar-refractivity contribution in [3.8, 4) is 0 Å². The van der Waals surface area contributed by atoms with Gasteiger partial charge >= 0.3 is 0 Å². The summed E-state index contributed by atoms with van der Waals surface area (Å²) in [5, 5.41) is 14.2. The molecule has 18 heavy (non-hydrogen) atoms. The number of aromatic nitrogens is 3. The lowest BCUT2D eigenvalue weighted by Gasteiger charge is -2.16. The molecule has 1 aliphatic rings. The Bertz CT molecular complexity index is 563. The zero-order valence-corrected chi connectivity index (χ0v) is 10.7. The monoisotopic (exact) mass is 246 g/mol. The third kappa shape index (κ3) is 1.84. The number of hydrogen-bond donors (Lipinski definition) is 1. The van der Waals surface area contributed by atoms with E-state index in [9.17, 15) is 5.11 Å². The van der Waals surface area contributed by atoms with Crippen LogP contribution in [0.15, 0.2) is 18.5 Å². The molecule has 5 heteroatoms. The summed E-state index contributed by atoms with van der Waals surface area (Å²) in [4.78, 5) is 6.58. The first-order valence-corrected chi connectivity index (χ1v) is 6.42. The minimum atomic E-state index is -0.237. The molecule has 1 fully saturated rings. The van der Waals surface area contributed by atoms with Gasteiger partial charge in [-0.2, -0.15) is 5.10 Å². The molecule has 0 aromatic carbocycles. The lowest BCUT2D eigenvalue weighted by atomic mass is 10.1. The Morgan fingerprint density at radius 3 is 2.94 bits per heavy atom. The summed E-state index contributed by atoms with van der Waals surface area (Å²) >= 11 is 0. The van der Waals surface area contributed by atoms with Gasteiger partial charge in [-0.3, -0.25) is 0 Å². The number of anilines is 1. The van der Waals surface area contributed by atoms with E-state index in [0.717, 1.165) is 30.0 Å². The molecule has 5 nitrogen and oxygen atoms in total. The van der Waals surface area contributed by atoms with Crippen molar-refractivity contribution in [2.24, 2.45) is 0 Å². The molecule has 2 aromatic heterocycles. The van der Waals surface area contributed by atoms with Crippen LogP contribution in [0.1, 0.15) is 31.9 Å². The van der Waals surface area contributed by atoms with E-state index in [2.05, 4.69) is 34.9 Å². The maximum absolute atomic E-state index is 9.63. The second-order valence-electron chi connectivity index (χ2n) is 5.19. The molecule has 1 atom stereocenters. The third-order valence-electron chi connectivity index (χ3n) is 3.44. The molecule has 0 unspecified atom stereocenters. The van der Waals surface area contributed by atoms with E-state index in [1.807, 2.05) is 10.7 Å². The van der Waals surface area contributed by atoms with Crippen LogP contribution in [0.25, 0.3) is 5.52 Å². The van der Waals surface area contributed by atoms with Crippen LogP contribution in [-0.2, 0) is 0 Å². The quantitative estimate of drug-likeness (QED) is 0.870. The lowest BCUT2D eigenvalue weighted by molar-refractivity contribution is 0.198. The number of aliphatic hydroxyl groups is 1. The van der Waals surface area contributed by atoms with Gasteiger partial charge in [-0.15, -0.1) is 0 Å². The standard InChI is InChI=1S/C13H18N4O/c1-9(2)11-7-12-13(14-4-6-17(12)15-11)16-5-3-10(18)8-16/h4,6-7,9-10,18H,3,5,8H2,1-2H3/t10-/m0/s1. The summed E-state index contributed by atoms with van der Waals surface area (Å²) in [5.41, 5.74) is 2.10. The summed E-state index contributed by atoms with van der Waals surface area (Å²) < 4.78 is 1.88. The van der Waals surface area contributed by atoms with Crippen molar-refractivity contribution in [2.75, 3.05) is 18.0 Å². The highest BCUT2D eigenvalue weighted by Gasteiger charge is 2.23. The maximum Gasteiger partial charge on any atom is 0.154 e. The van der Waals surface area contributed by atoms with Gasteiger partial charge < -0.3 is 10.0 Å². The predicted octanol–water partition coefficient (Wildman–Crippen LogP) is 1.42. The van der Waals surface area contributed by atoms with Crippen molar-refractivity contribution in [1.82, 2.24) is 14.6 Å². The first kappa shape index (κ1) is 11.5. The zero-order valence-electron chi connectivity index (χ0n) is 10.7. The van der Waals surface area contributed by atoms with Crippen LogP contribution in [0.5, 0.6) is 0 Å². The smallest absolute Gasteiger partial charge is 0.154 e. The number of nitrogens with zero attached hydrogens (tertiary/aromatic N) is 4. The van der Waals surface area contributed by atoms with E-state index in [1.54, 1.807) is 6.20 Å². The largest absolute Gasteiger partial charge is 0.391 e. The van der Waals surface area contributed by atoms with Gasteiger partial charge in [0.2, 0.25) is 0 Å². The zero-order chi connectivity index (χ0) is 12.7. The van der Waals surface area contributed by atoms with Crippen molar-refractivity contribution in [2.45, 2.75) is 32.3 Å². The number of fused-ring (bicyclic) bond motifs is 1. The summed E-state index contributed by atoms with van der Waals surface area (Å²) in [5.74, 6) is 1.33. The van der Waals surface area contributed by atoms with Crippen molar-refractivity contribution >= 4 is 11.3 Å². The number of rotatable bonds is 2. The van der Waals surface area contributed by atoms with E-state index >= 15 is 0 Å². The highest BCUT2D eigenvalue weighted by Crippen LogP contribution is 2.25. The van der Waals surface area contributed by atoms with Crippen LogP contribution >= 0.6 is 0 Å². The second-order valence-corrected chi connectivity index (χ2v) is 5.19. The first-order valence-electron chi connectivity index (χ1n) is 6.42. The van der Waals surface area contributed by atoms with Crippen LogP contribution in [0.2, 0.25) is 0 Å². The molecule has 0 aliphatic carbocycles. The molecule has 3 rings (SSSR count). The van der Waals surface area contributed by atoms with E-state index in [1.165, 1.54) is 0 Å². The van der Waals surface area contributed by atoms with Gasteiger partial charge in [0.25, 0.3) is 0 Å². The Morgan fingerprint density at radius 2 is 2.28 bits per heavy atom. The molecular weight excluding hydrogens is 228 g/mol. The molecule has 1 N–H and O–H groups in total. The summed E-state index contributed by atoms with van der Waals surface area (Å²) in [6.45, 7) is 5.79. The van der Waals surface area contributed by atoms with Crippen LogP contribution in [-0.4, -0.2) is 38.9 Å². The maximum atomic E-state index is 9.63. The predicted molar refractivity (Wildman–Crippen MR) is 69.9 cm³/mol. The topological polar surface area (TPSA) is 53.7 Å². The number of hydrogen-bond acceptors (Lipinski definition) is 4. The molecule has 1 aliphatic heterocycles. The molecule has 3 heterocycles. The SMILES string of the molecule is CC(C)c1cc2c(N3CC[C@H](O)C3)nccn2n1. The van der Waals surface area contributed by atoms with E-state index in [0.29, 0.717) is 12.5 Å². The molecule has 0 radical (unpaired) electrons. The average Bonchev–Trinajstić information content (AvgIpc) is 2.94. The Labute approximate surface area is 106 Å². The summed E-state index contributed by atoms with van der Waals surface area (Å²) in [6, 6.07) is 2.09. The van der Waals surface area contributed by atoms with E-state index in [-0.39, 0.29) is 6.10 Å². The van der Waals surface area contributed by atoms with E-state index in [4.69, 9.17) is 0 Å². The molecule has 0 amide bonds. The fourth-order valence-electron chi connectivity index (χ4n) is 2.39. The second kappa shape index (κ2) is 4.24. The van der Waals surface area contributed by atoms with Gasteiger partial charge in [0, 0.05) is 25.5 Å². The Balaban J connectivity index is 2.06. The average molecular weight is 246 g/mol. The molecule has 1 saturated heterocycles. The molecule has 0 saturated carbocycles. The van der Waals surface area contributed by atoms with Crippen molar-refractivity contribution < 1.29 is 5.11 Å². The molecule has 0 spiro atoms. The highest BCUT2D eigenvalue weighted by molar-refractivity contribution is 5.69. The lowest BCUT2D eigenvalue weighted by Crippen LogP contribution is -2.22.